The Kier molecular flexibility index (Phi) is 4.09. The molecule has 1 aromatic carbocycles. The molecule has 1 nitrogen and oxygen atoms in total. The minimum absolute atomic E-state index is 0.314. The maximum absolute atomic E-state index is 13.0. The highest BCUT2D eigenvalue weighted by molar-refractivity contribution is 9.10. The molecule has 0 spiro atoms. The van der Waals surface area contributed by atoms with Crippen molar-refractivity contribution in [3.63, 3.8) is 0 Å². The van der Waals surface area contributed by atoms with Crippen molar-refractivity contribution in [2.75, 3.05) is 5.32 Å². The minimum atomic E-state index is -0.314. The Morgan fingerprint density at radius 2 is 1.94 bits per heavy atom. The first kappa shape index (κ1) is 12.2. The molecule has 16 heavy (non-hydrogen) atoms. The Balaban J connectivity index is 2.14. The fraction of sp³-hybridized carbons (Fsp3) is 0.500. The average Bonchev–Trinajstić information content (AvgIpc) is 2.25. The molecule has 1 fully saturated rings. The van der Waals surface area contributed by atoms with Crippen molar-refractivity contribution in [3.8, 4) is 0 Å². The van der Waals surface area contributed by atoms with Crippen molar-refractivity contribution in [1.29, 1.82) is 0 Å². The van der Waals surface area contributed by atoms with E-state index in [0.717, 1.165) is 5.69 Å². The van der Waals surface area contributed by atoms with Crippen LogP contribution in [0.4, 0.5) is 10.1 Å². The van der Waals surface area contributed by atoms with E-state index in [9.17, 15) is 4.39 Å². The van der Waals surface area contributed by atoms with Gasteiger partial charge in [0.1, 0.15) is 5.82 Å². The third-order valence-electron chi connectivity index (χ3n) is 2.96. The lowest BCUT2D eigenvalue weighted by Crippen LogP contribution is -2.22. The molecule has 1 aliphatic rings. The lowest BCUT2D eigenvalue weighted by atomic mass is 9.95. The van der Waals surface area contributed by atoms with Gasteiger partial charge in [-0.2, -0.15) is 0 Å². The molecule has 0 radical (unpaired) electrons. The van der Waals surface area contributed by atoms with Gasteiger partial charge in [-0.1, -0.05) is 30.9 Å². The SMILES string of the molecule is Fc1cc(Cl)c(NC2CCCCC2)c(Br)c1. The topological polar surface area (TPSA) is 12.0 Å². The molecule has 0 aromatic heterocycles. The maximum atomic E-state index is 13.0. The van der Waals surface area contributed by atoms with Crippen LogP contribution in [-0.2, 0) is 0 Å². The quantitative estimate of drug-likeness (QED) is 0.812. The normalized spacial score (nSPS) is 17.4. The molecule has 1 aliphatic carbocycles. The molecule has 0 saturated heterocycles. The average molecular weight is 307 g/mol. The van der Waals surface area contributed by atoms with Crippen LogP contribution < -0.4 is 5.32 Å². The molecule has 0 amide bonds. The summed E-state index contributed by atoms with van der Waals surface area (Å²) in [5, 5.41) is 3.84. The Hall–Kier alpha value is -0.280. The number of hydrogen-bond acceptors (Lipinski definition) is 1. The number of anilines is 1. The molecule has 0 heterocycles. The molecular weight excluding hydrogens is 292 g/mol. The summed E-state index contributed by atoms with van der Waals surface area (Å²) in [7, 11) is 0. The first-order valence-electron chi connectivity index (χ1n) is 5.58. The van der Waals surface area contributed by atoms with Crippen molar-refractivity contribution >= 4 is 33.2 Å². The van der Waals surface area contributed by atoms with Crippen molar-refractivity contribution in [1.82, 2.24) is 0 Å². The molecule has 4 heteroatoms. The summed E-state index contributed by atoms with van der Waals surface area (Å²) >= 11 is 9.36. The zero-order valence-corrected chi connectivity index (χ0v) is 11.2. The van der Waals surface area contributed by atoms with Gasteiger partial charge in [-0.3, -0.25) is 0 Å². The molecule has 88 valence electrons. The molecule has 0 aliphatic heterocycles. The molecule has 1 N–H and O–H groups in total. The third kappa shape index (κ3) is 2.89. The van der Waals surface area contributed by atoms with Crippen LogP contribution in [0.5, 0.6) is 0 Å². The van der Waals surface area contributed by atoms with E-state index in [1.54, 1.807) is 0 Å². The van der Waals surface area contributed by atoms with E-state index in [1.165, 1.54) is 44.2 Å². The number of benzene rings is 1. The van der Waals surface area contributed by atoms with Gasteiger partial charge in [-0.15, -0.1) is 0 Å². The van der Waals surface area contributed by atoms with Crippen molar-refractivity contribution < 1.29 is 4.39 Å². The first-order chi connectivity index (χ1) is 7.66. The van der Waals surface area contributed by atoms with Crippen molar-refractivity contribution in [3.05, 3.63) is 27.4 Å². The van der Waals surface area contributed by atoms with Crippen LogP contribution in [0, 0.1) is 5.82 Å². The largest absolute Gasteiger partial charge is 0.380 e. The summed E-state index contributed by atoms with van der Waals surface area (Å²) in [6.45, 7) is 0. The molecule has 1 saturated carbocycles. The van der Waals surface area contributed by atoms with Gasteiger partial charge in [-0.25, -0.2) is 4.39 Å². The van der Waals surface area contributed by atoms with E-state index >= 15 is 0 Å². The molecule has 1 aromatic rings. The van der Waals surface area contributed by atoms with Gasteiger partial charge in [-0.05, 0) is 40.9 Å². The fourth-order valence-electron chi connectivity index (χ4n) is 2.13. The van der Waals surface area contributed by atoms with Crippen LogP contribution in [0.2, 0.25) is 5.02 Å². The van der Waals surface area contributed by atoms with Crippen molar-refractivity contribution in [2.24, 2.45) is 0 Å². The summed E-state index contributed by atoms with van der Waals surface area (Å²) in [5.74, 6) is -0.314. The smallest absolute Gasteiger partial charge is 0.125 e. The number of rotatable bonds is 2. The van der Waals surface area contributed by atoms with E-state index in [-0.39, 0.29) is 5.82 Å². The first-order valence-corrected chi connectivity index (χ1v) is 6.75. The predicted octanol–water partition coefficient (Wildman–Crippen LogP) is 4.99. The van der Waals surface area contributed by atoms with E-state index in [2.05, 4.69) is 21.2 Å². The standard InChI is InChI=1S/C12H14BrClFN/c13-10-6-8(15)7-11(14)12(10)16-9-4-2-1-3-5-9/h6-7,9,16H,1-5H2. The molecule has 0 unspecified atom stereocenters. The van der Waals surface area contributed by atoms with Crippen LogP contribution in [0.1, 0.15) is 32.1 Å². The zero-order valence-electron chi connectivity index (χ0n) is 8.90. The Morgan fingerprint density at radius 3 is 2.56 bits per heavy atom. The van der Waals surface area contributed by atoms with E-state index in [0.29, 0.717) is 15.5 Å². The zero-order chi connectivity index (χ0) is 11.5. The second kappa shape index (κ2) is 5.37. The second-order valence-corrected chi connectivity index (χ2v) is 5.49. The number of hydrogen-bond donors (Lipinski definition) is 1. The van der Waals surface area contributed by atoms with Gasteiger partial charge >= 0.3 is 0 Å². The summed E-state index contributed by atoms with van der Waals surface area (Å²) in [6, 6.07) is 3.25. The summed E-state index contributed by atoms with van der Waals surface area (Å²) in [5.41, 5.74) is 0.815. The molecule has 0 atom stereocenters. The van der Waals surface area contributed by atoms with Gasteiger partial charge < -0.3 is 5.32 Å². The second-order valence-electron chi connectivity index (χ2n) is 4.22. The molecule has 2 rings (SSSR count). The predicted molar refractivity (Wildman–Crippen MR) is 69.6 cm³/mol. The van der Waals surface area contributed by atoms with Crippen LogP contribution in [0.3, 0.4) is 0 Å². The van der Waals surface area contributed by atoms with E-state index in [1.807, 2.05) is 0 Å². The van der Waals surface area contributed by atoms with E-state index in [4.69, 9.17) is 11.6 Å². The fourth-order valence-corrected chi connectivity index (χ4v) is 3.05. The Bertz CT molecular complexity index is 354. The summed E-state index contributed by atoms with van der Waals surface area (Å²) in [6.07, 6.45) is 6.17. The highest BCUT2D eigenvalue weighted by Crippen LogP contribution is 2.34. The highest BCUT2D eigenvalue weighted by Gasteiger charge is 2.16. The molecule has 0 bridgehead atoms. The van der Waals surface area contributed by atoms with Crippen molar-refractivity contribution in [2.45, 2.75) is 38.1 Å². The minimum Gasteiger partial charge on any atom is -0.380 e. The maximum Gasteiger partial charge on any atom is 0.125 e. The van der Waals surface area contributed by atoms with Crippen LogP contribution in [0.25, 0.3) is 0 Å². The summed E-state index contributed by atoms with van der Waals surface area (Å²) in [4.78, 5) is 0. The van der Waals surface area contributed by atoms with Crippen LogP contribution in [-0.4, -0.2) is 6.04 Å². The molecular formula is C12H14BrClFN. The van der Waals surface area contributed by atoms with Gasteiger partial charge in [0.15, 0.2) is 0 Å². The highest BCUT2D eigenvalue weighted by atomic mass is 79.9. The van der Waals surface area contributed by atoms with Gasteiger partial charge in [0, 0.05) is 10.5 Å². The van der Waals surface area contributed by atoms with Crippen LogP contribution >= 0.6 is 27.5 Å². The van der Waals surface area contributed by atoms with Crippen LogP contribution in [0.15, 0.2) is 16.6 Å². The lowest BCUT2D eigenvalue weighted by molar-refractivity contribution is 0.462. The Morgan fingerprint density at radius 1 is 1.25 bits per heavy atom. The number of nitrogens with one attached hydrogen (secondary N) is 1. The number of halogens is 3. The monoisotopic (exact) mass is 305 g/mol. The van der Waals surface area contributed by atoms with Gasteiger partial charge in [0.05, 0.1) is 10.7 Å². The Labute approximate surface area is 109 Å². The van der Waals surface area contributed by atoms with Gasteiger partial charge in [0.25, 0.3) is 0 Å². The van der Waals surface area contributed by atoms with Gasteiger partial charge in [0.2, 0.25) is 0 Å². The lowest BCUT2D eigenvalue weighted by Gasteiger charge is -2.25. The van der Waals surface area contributed by atoms with E-state index < -0.39 is 0 Å². The summed E-state index contributed by atoms with van der Waals surface area (Å²) < 4.78 is 13.7. The third-order valence-corrected chi connectivity index (χ3v) is 3.88.